The molecule has 0 saturated carbocycles. The minimum absolute atomic E-state index is 0.0171. The van der Waals surface area contributed by atoms with Crippen molar-refractivity contribution in [2.24, 2.45) is 4.99 Å². The molecule has 2 atom stereocenters. The number of aliphatic hydroxyl groups excluding tert-OH is 1. The molecule has 1 saturated heterocycles. The van der Waals surface area contributed by atoms with Gasteiger partial charge in [-0.2, -0.15) is 0 Å². The van der Waals surface area contributed by atoms with Crippen LogP contribution in [0.2, 0.25) is 0 Å². The number of rotatable bonds is 6. The fraction of sp³-hybridized carbons (Fsp3) is 0.462. The van der Waals surface area contributed by atoms with Gasteiger partial charge in [-0.15, -0.1) is 0 Å². The molecule has 1 aliphatic rings. The summed E-state index contributed by atoms with van der Waals surface area (Å²) in [6.07, 6.45) is 0.519. The van der Waals surface area contributed by atoms with Gasteiger partial charge in [-0.05, 0) is 6.07 Å². The van der Waals surface area contributed by atoms with E-state index in [1.807, 2.05) is 0 Å². The van der Waals surface area contributed by atoms with Crippen molar-refractivity contribution in [3.8, 4) is 0 Å². The Morgan fingerprint density at radius 3 is 2.77 bits per heavy atom. The number of aliphatic imine (C=N–C) groups is 1. The van der Waals surface area contributed by atoms with Gasteiger partial charge in [0, 0.05) is 24.9 Å². The van der Waals surface area contributed by atoms with Crippen LogP contribution in [0.15, 0.2) is 29.3 Å². The van der Waals surface area contributed by atoms with E-state index < -0.39 is 26.9 Å². The Labute approximate surface area is 127 Å². The number of benzene rings is 1. The van der Waals surface area contributed by atoms with Gasteiger partial charge in [0.25, 0.3) is 5.69 Å². The molecular weight excluding hydrogens is 310 g/mol. The predicted octanol–water partition coefficient (Wildman–Crippen LogP) is -0.239. The molecule has 120 valence electrons. The van der Waals surface area contributed by atoms with Gasteiger partial charge in [-0.25, -0.2) is 8.42 Å². The van der Waals surface area contributed by atoms with Crippen molar-refractivity contribution in [1.29, 1.82) is 0 Å². The summed E-state index contributed by atoms with van der Waals surface area (Å²) in [6, 6.07) is 5.79. The molecule has 1 aliphatic heterocycles. The van der Waals surface area contributed by atoms with E-state index in [4.69, 9.17) is 0 Å². The zero-order chi connectivity index (χ0) is 16.2. The smallest absolute Gasteiger partial charge is 0.278 e. The van der Waals surface area contributed by atoms with E-state index in [2.05, 4.69) is 10.3 Å². The van der Waals surface area contributed by atoms with Crippen LogP contribution in [0.4, 0.5) is 5.69 Å². The van der Waals surface area contributed by atoms with Crippen LogP contribution < -0.4 is 5.32 Å². The monoisotopic (exact) mass is 327 g/mol. The predicted molar refractivity (Wildman–Crippen MR) is 82.0 cm³/mol. The van der Waals surface area contributed by atoms with Crippen LogP contribution in [-0.4, -0.2) is 61.4 Å². The molecule has 1 aromatic carbocycles. The summed E-state index contributed by atoms with van der Waals surface area (Å²) < 4.78 is 22.7. The zero-order valence-corrected chi connectivity index (χ0v) is 12.6. The molecule has 0 amide bonds. The summed E-state index contributed by atoms with van der Waals surface area (Å²) in [7, 11) is -3.17. The van der Waals surface area contributed by atoms with Gasteiger partial charge < -0.3 is 10.4 Å². The van der Waals surface area contributed by atoms with E-state index >= 15 is 0 Å². The molecule has 0 aliphatic carbocycles. The van der Waals surface area contributed by atoms with Crippen LogP contribution in [0.5, 0.6) is 0 Å². The fourth-order valence-corrected chi connectivity index (χ4v) is 4.04. The molecule has 22 heavy (non-hydrogen) atoms. The van der Waals surface area contributed by atoms with Gasteiger partial charge in [-0.3, -0.25) is 15.1 Å². The van der Waals surface area contributed by atoms with Crippen LogP contribution in [0, 0.1) is 10.1 Å². The van der Waals surface area contributed by atoms with Crippen LogP contribution in [0.25, 0.3) is 0 Å². The van der Waals surface area contributed by atoms with Crippen molar-refractivity contribution < 1.29 is 18.4 Å². The standard InChI is InChI=1S/C13H17N3O5S/c17-13-9-22(20,21)8-11(13)15-6-5-14-7-10-3-1-2-4-12(10)16(18)19/h1-4,7,11,13,15,17H,5-6,8-9H2. The minimum Gasteiger partial charge on any atom is -0.390 e. The molecule has 1 heterocycles. The van der Waals surface area contributed by atoms with Crippen molar-refractivity contribution in [3.63, 3.8) is 0 Å². The Balaban J connectivity index is 1.83. The summed E-state index contributed by atoms with van der Waals surface area (Å²) in [6.45, 7) is 0.712. The zero-order valence-electron chi connectivity index (χ0n) is 11.8. The number of nitro benzene ring substituents is 1. The lowest BCUT2D eigenvalue weighted by atomic mass is 10.2. The van der Waals surface area contributed by atoms with Crippen LogP contribution in [0.3, 0.4) is 0 Å². The first kappa shape index (κ1) is 16.5. The van der Waals surface area contributed by atoms with Crippen molar-refractivity contribution >= 4 is 21.7 Å². The lowest BCUT2D eigenvalue weighted by Gasteiger charge is -2.13. The third kappa shape index (κ3) is 4.33. The topological polar surface area (TPSA) is 122 Å². The number of hydrogen-bond acceptors (Lipinski definition) is 7. The first-order valence-corrected chi connectivity index (χ1v) is 8.56. The molecule has 2 N–H and O–H groups in total. The van der Waals surface area contributed by atoms with Gasteiger partial charge in [0.15, 0.2) is 9.84 Å². The largest absolute Gasteiger partial charge is 0.390 e. The lowest BCUT2D eigenvalue weighted by Crippen LogP contribution is -2.40. The summed E-state index contributed by atoms with van der Waals surface area (Å²) in [5.41, 5.74) is 0.396. The Bertz CT molecular complexity index is 674. The highest BCUT2D eigenvalue weighted by Gasteiger charge is 2.35. The summed E-state index contributed by atoms with van der Waals surface area (Å²) in [4.78, 5) is 14.4. The van der Waals surface area contributed by atoms with E-state index in [1.54, 1.807) is 18.2 Å². The first-order valence-electron chi connectivity index (χ1n) is 6.74. The molecule has 0 aromatic heterocycles. The summed E-state index contributed by atoms with van der Waals surface area (Å²) >= 11 is 0. The van der Waals surface area contributed by atoms with Crippen LogP contribution in [-0.2, 0) is 9.84 Å². The highest BCUT2D eigenvalue weighted by molar-refractivity contribution is 7.91. The van der Waals surface area contributed by atoms with E-state index in [9.17, 15) is 23.6 Å². The molecule has 8 nitrogen and oxygen atoms in total. The number of sulfone groups is 1. The average molecular weight is 327 g/mol. The van der Waals surface area contributed by atoms with E-state index in [0.717, 1.165) is 0 Å². The third-order valence-electron chi connectivity index (χ3n) is 3.33. The number of aliphatic hydroxyl groups is 1. The van der Waals surface area contributed by atoms with Crippen molar-refractivity contribution in [1.82, 2.24) is 5.32 Å². The molecule has 2 rings (SSSR count). The summed E-state index contributed by atoms with van der Waals surface area (Å²) in [5.74, 6) is -0.299. The van der Waals surface area contributed by atoms with Crippen LogP contribution >= 0.6 is 0 Å². The minimum atomic E-state index is -3.17. The van der Waals surface area contributed by atoms with Crippen molar-refractivity contribution in [3.05, 3.63) is 39.9 Å². The SMILES string of the molecule is O=[N+]([O-])c1ccccc1C=NCCNC1CS(=O)(=O)CC1O. The molecule has 9 heteroatoms. The fourth-order valence-electron chi connectivity index (χ4n) is 2.26. The Morgan fingerprint density at radius 1 is 1.41 bits per heavy atom. The molecule has 1 fully saturated rings. The second-order valence-corrected chi connectivity index (χ2v) is 7.21. The molecule has 0 radical (unpaired) electrons. The molecule has 2 unspecified atom stereocenters. The van der Waals surface area contributed by atoms with Gasteiger partial charge in [0.1, 0.15) is 0 Å². The number of hydrogen-bond donors (Lipinski definition) is 2. The van der Waals surface area contributed by atoms with Gasteiger partial charge in [0.2, 0.25) is 0 Å². The van der Waals surface area contributed by atoms with Crippen molar-refractivity contribution in [2.75, 3.05) is 24.6 Å². The second-order valence-electron chi connectivity index (χ2n) is 5.06. The molecule has 0 spiro atoms. The van der Waals surface area contributed by atoms with E-state index in [1.165, 1.54) is 12.3 Å². The van der Waals surface area contributed by atoms with Gasteiger partial charge in [-0.1, -0.05) is 12.1 Å². The highest BCUT2D eigenvalue weighted by Crippen LogP contribution is 2.15. The Morgan fingerprint density at radius 2 is 2.14 bits per heavy atom. The maximum atomic E-state index is 11.3. The molecular formula is C13H17N3O5S. The maximum Gasteiger partial charge on any atom is 0.278 e. The summed E-state index contributed by atoms with van der Waals surface area (Å²) in [5, 5.41) is 23.4. The first-order chi connectivity index (χ1) is 10.4. The van der Waals surface area contributed by atoms with Gasteiger partial charge >= 0.3 is 0 Å². The number of para-hydroxylation sites is 1. The Kier molecular flexibility index (Phi) is 5.22. The molecule has 0 bridgehead atoms. The van der Waals surface area contributed by atoms with Crippen molar-refractivity contribution in [2.45, 2.75) is 12.1 Å². The average Bonchev–Trinajstić information content (AvgIpc) is 2.71. The van der Waals surface area contributed by atoms with Gasteiger partial charge in [0.05, 0.1) is 34.6 Å². The highest BCUT2D eigenvalue weighted by atomic mass is 32.2. The third-order valence-corrected chi connectivity index (χ3v) is 5.05. The van der Waals surface area contributed by atoms with E-state index in [0.29, 0.717) is 18.7 Å². The number of nitro groups is 1. The second kappa shape index (κ2) is 6.95. The molecule has 1 aromatic rings. The maximum absolute atomic E-state index is 11.3. The number of nitrogens with zero attached hydrogens (tertiary/aromatic N) is 2. The van der Waals surface area contributed by atoms with Crippen LogP contribution in [0.1, 0.15) is 5.56 Å². The normalized spacial score (nSPS) is 23.9. The quantitative estimate of drug-likeness (QED) is 0.322. The van der Waals surface area contributed by atoms with E-state index in [-0.39, 0.29) is 17.2 Å². The lowest BCUT2D eigenvalue weighted by molar-refractivity contribution is -0.385. The number of nitrogens with one attached hydrogen (secondary N) is 1. The Hall–Kier alpha value is -1.84.